The van der Waals surface area contributed by atoms with E-state index < -0.39 is 5.41 Å². The molecule has 0 aromatic heterocycles. The molecule has 0 spiro atoms. The van der Waals surface area contributed by atoms with Gasteiger partial charge in [-0.15, -0.1) is 0 Å². The van der Waals surface area contributed by atoms with E-state index in [4.69, 9.17) is 5.73 Å². The summed E-state index contributed by atoms with van der Waals surface area (Å²) in [5, 5.41) is 6.21. The van der Waals surface area contributed by atoms with Crippen LogP contribution in [0.2, 0.25) is 0 Å². The fourth-order valence-corrected chi connectivity index (χ4v) is 1.71. The van der Waals surface area contributed by atoms with Crippen molar-refractivity contribution in [3.05, 3.63) is 35.1 Å². The van der Waals surface area contributed by atoms with Gasteiger partial charge in [-0.2, -0.15) is 0 Å². The number of carbonyl (C=O) groups is 1. The average Bonchev–Trinajstić information content (AvgIpc) is 2.45. The Morgan fingerprint density at radius 1 is 1.36 bits per heavy atom. The summed E-state index contributed by atoms with van der Waals surface area (Å²) in [5.41, 5.74) is 6.21. The lowest BCUT2D eigenvalue weighted by molar-refractivity contribution is -0.125. The van der Waals surface area contributed by atoms with E-state index in [0.29, 0.717) is 31.2 Å². The lowest BCUT2D eigenvalue weighted by Crippen LogP contribution is -2.46. The molecular weight excluding hydrogens is 283 g/mol. The first kappa shape index (κ1) is 17.9. The number of carbonyl (C=O) groups excluding carboxylic acids is 1. The standard InChI is InChI=1S/C16H25FN4O/c1-5-19-15(21-10-16(3,4)14(18)22)20-9-12-6-7-13(17)11(2)8-12/h6-8H,5,9-10H2,1-4H3,(H2,18,22)(H2,19,20,21). The molecule has 1 aromatic rings. The van der Waals surface area contributed by atoms with Gasteiger partial charge in [0, 0.05) is 13.1 Å². The van der Waals surface area contributed by atoms with Crippen LogP contribution in [0.3, 0.4) is 0 Å². The van der Waals surface area contributed by atoms with Crippen molar-refractivity contribution in [3.63, 3.8) is 0 Å². The molecule has 1 aromatic carbocycles. The first-order valence-electron chi connectivity index (χ1n) is 7.33. The Kier molecular flexibility index (Phi) is 6.34. The van der Waals surface area contributed by atoms with Crippen molar-refractivity contribution >= 4 is 11.9 Å². The SMILES string of the molecule is CCNC(=NCc1ccc(F)c(C)c1)NCC(C)(C)C(N)=O. The van der Waals surface area contributed by atoms with Crippen LogP contribution in [0, 0.1) is 18.2 Å². The average molecular weight is 308 g/mol. The quantitative estimate of drug-likeness (QED) is 0.553. The molecule has 0 aliphatic heterocycles. The number of primary amides is 1. The Morgan fingerprint density at radius 3 is 2.59 bits per heavy atom. The van der Waals surface area contributed by atoms with E-state index in [0.717, 1.165) is 5.56 Å². The summed E-state index contributed by atoms with van der Waals surface area (Å²) in [6.45, 7) is 8.74. The van der Waals surface area contributed by atoms with E-state index in [2.05, 4.69) is 15.6 Å². The molecular formula is C16H25FN4O. The predicted molar refractivity (Wildman–Crippen MR) is 86.9 cm³/mol. The van der Waals surface area contributed by atoms with Gasteiger partial charge in [-0.3, -0.25) is 4.79 Å². The minimum atomic E-state index is -0.664. The molecule has 5 nitrogen and oxygen atoms in total. The molecule has 0 radical (unpaired) electrons. The third-order valence-electron chi connectivity index (χ3n) is 3.35. The monoisotopic (exact) mass is 308 g/mol. The van der Waals surface area contributed by atoms with Crippen LogP contribution in [0.15, 0.2) is 23.2 Å². The van der Waals surface area contributed by atoms with E-state index in [1.807, 2.05) is 6.92 Å². The summed E-state index contributed by atoms with van der Waals surface area (Å²) >= 11 is 0. The minimum absolute atomic E-state index is 0.221. The zero-order chi connectivity index (χ0) is 16.8. The number of aryl methyl sites for hydroxylation is 1. The molecule has 6 heteroatoms. The van der Waals surface area contributed by atoms with Crippen LogP contribution in [0.1, 0.15) is 31.9 Å². The molecule has 4 N–H and O–H groups in total. The zero-order valence-electron chi connectivity index (χ0n) is 13.7. The summed E-state index contributed by atoms with van der Waals surface area (Å²) in [6.07, 6.45) is 0. The summed E-state index contributed by atoms with van der Waals surface area (Å²) < 4.78 is 13.2. The number of nitrogens with zero attached hydrogens (tertiary/aromatic N) is 1. The number of halogens is 1. The molecule has 0 saturated heterocycles. The van der Waals surface area contributed by atoms with Crippen molar-refractivity contribution in [1.82, 2.24) is 10.6 Å². The second kappa shape index (κ2) is 7.77. The molecule has 0 unspecified atom stereocenters. The first-order chi connectivity index (χ1) is 10.3. The number of nitrogens with two attached hydrogens (primary N) is 1. The van der Waals surface area contributed by atoms with Gasteiger partial charge in [0.2, 0.25) is 5.91 Å². The second-order valence-electron chi connectivity index (χ2n) is 5.88. The molecule has 0 atom stereocenters. The van der Waals surface area contributed by atoms with Gasteiger partial charge in [-0.1, -0.05) is 12.1 Å². The number of amides is 1. The highest BCUT2D eigenvalue weighted by Crippen LogP contribution is 2.12. The van der Waals surface area contributed by atoms with Crippen LogP contribution in [-0.2, 0) is 11.3 Å². The van der Waals surface area contributed by atoms with Crippen molar-refractivity contribution in [2.45, 2.75) is 34.2 Å². The number of guanidine groups is 1. The molecule has 0 fully saturated rings. The Labute approximate surface area is 131 Å². The van der Waals surface area contributed by atoms with E-state index >= 15 is 0 Å². The van der Waals surface area contributed by atoms with Crippen molar-refractivity contribution in [2.75, 3.05) is 13.1 Å². The number of benzene rings is 1. The van der Waals surface area contributed by atoms with Crippen molar-refractivity contribution in [1.29, 1.82) is 0 Å². The van der Waals surface area contributed by atoms with Gasteiger partial charge in [0.1, 0.15) is 5.82 Å². The zero-order valence-corrected chi connectivity index (χ0v) is 13.7. The topological polar surface area (TPSA) is 79.5 Å². The molecule has 0 aliphatic carbocycles. The van der Waals surface area contributed by atoms with Gasteiger partial charge in [-0.05, 0) is 44.9 Å². The van der Waals surface area contributed by atoms with Crippen LogP contribution >= 0.6 is 0 Å². The van der Waals surface area contributed by atoms with E-state index in [-0.39, 0.29) is 11.7 Å². The lowest BCUT2D eigenvalue weighted by Gasteiger charge is -2.22. The van der Waals surface area contributed by atoms with Crippen LogP contribution in [0.5, 0.6) is 0 Å². The van der Waals surface area contributed by atoms with Gasteiger partial charge in [-0.25, -0.2) is 9.38 Å². The highest BCUT2D eigenvalue weighted by Gasteiger charge is 2.24. The molecule has 122 valence electrons. The maximum absolute atomic E-state index is 13.2. The molecule has 0 heterocycles. The third-order valence-corrected chi connectivity index (χ3v) is 3.35. The number of nitrogens with one attached hydrogen (secondary N) is 2. The summed E-state index contributed by atoms with van der Waals surface area (Å²) in [6, 6.07) is 4.93. The van der Waals surface area contributed by atoms with Gasteiger partial charge in [0.15, 0.2) is 5.96 Å². The second-order valence-corrected chi connectivity index (χ2v) is 5.88. The predicted octanol–water partition coefficient (Wildman–Crippen LogP) is 1.70. The lowest BCUT2D eigenvalue weighted by atomic mass is 9.93. The first-order valence-corrected chi connectivity index (χ1v) is 7.33. The fraction of sp³-hybridized carbons (Fsp3) is 0.500. The maximum atomic E-state index is 13.2. The smallest absolute Gasteiger partial charge is 0.224 e. The highest BCUT2D eigenvalue weighted by molar-refractivity contribution is 5.83. The molecule has 1 amide bonds. The Balaban J connectivity index is 2.73. The van der Waals surface area contributed by atoms with Crippen LogP contribution in [0.4, 0.5) is 4.39 Å². The van der Waals surface area contributed by atoms with Gasteiger partial charge in [0.25, 0.3) is 0 Å². The maximum Gasteiger partial charge on any atom is 0.224 e. The largest absolute Gasteiger partial charge is 0.369 e. The number of hydrogen-bond acceptors (Lipinski definition) is 2. The molecule has 0 aliphatic rings. The molecule has 1 rings (SSSR count). The minimum Gasteiger partial charge on any atom is -0.369 e. The van der Waals surface area contributed by atoms with Crippen LogP contribution in [0.25, 0.3) is 0 Å². The van der Waals surface area contributed by atoms with Crippen LogP contribution in [-0.4, -0.2) is 25.0 Å². The number of hydrogen-bond donors (Lipinski definition) is 3. The molecule has 22 heavy (non-hydrogen) atoms. The summed E-state index contributed by atoms with van der Waals surface area (Å²) in [5.74, 6) is 0.00443. The fourth-order valence-electron chi connectivity index (χ4n) is 1.71. The van der Waals surface area contributed by atoms with Crippen molar-refractivity contribution in [3.8, 4) is 0 Å². The van der Waals surface area contributed by atoms with Gasteiger partial charge < -0.3 is 16.4 Å². The number of rotatable bonds is 6. The molecule has 0 bridgehead atoms. The van der Waals surface area contributed by atoms with E-state index in [9.17, 15) is 9.18 Å². The van der Waals surface area contributed by atoms with Crippen molar-refractivity contribution < 1.29 is 9.18 Å². The Hall–Kier alpha value is -2.11. The number of aliphatic imine (C=N–C) groups is 1. The van der Waals surface area contributed by atoms with Crippen molar-refractivity contribution in [2.24, 2.45) is 16.1 Å². The van der Waals surface area contributed by atoms with Crippen LogP contribution < -0.4 is 16.4 Å². The Morgan fingerprint density at radius 2 is 2.05 bits per heavy atom. The Bertz CT molecular complexity index is 555. The van der Waals surface area contributed by atoms with Gasteiger partial charge >= 0.3 is 0 Å². The van der Waals surface area contributed by atoms with Gasteiger partial charge in [0.05, 0.1) is 12.0 Å². The molecule has 0 saturated carbocycles. The third kappa shape index (κ3) is 5.35. The summed E-state index contributed by atoms with van der Waals surface area (Å²) in [4.78, 5) is 15.8. The summed E-state index contributed by atoms with van der Waals surface area (Å²) in [7, 11) is 0. The van der Waals surface area contributed by atoms with E-state index in [1.165, 1.54) is 6.07 Å². The normalized spacial score (nSPS) is 12.1. The highest BCUT2D eigenvalue weighted by atomic mass is 19.1. The van der Waals surface area contributed by atoms with E-state index in [1.54, 1.807) is 32.9 Å².